The summed E-state index contributed by atoms with van der Waals surface area (Å²) in [6.45, 7) is 10.3. The zero-order valence-corrected chi connectivity index (χ0v) is 12.4. The number of likely N-dealkylation sites (N-methyl/N-ethyl adjacent to an activating group) is 1. The summed E-state index contributed by atoms with van der Waals surface area (Å²) in [5.74, 6) is 0.593. The van der Waals surface area contributed by atoms with Crippen LogP contribution in [0.5, 0.6) is 0 Å². The molecule has 1 unspecified atom stereocenters. The first-order valence-corrected chi connectivity index (χ1v) is 7.15. The van der Waals surface area contributed by atoms with E-state index in [1.165, 1.54) is 32.4 Å². The van der Waals surface area contributed by atoms with Crippen molar-refractivity contribution >= 4 is 5.91 Å². The van der Waals surface area contributed by atoms with Crippen molar-refractivity contribution in [1.82, 2.24) is 15.5 Å². The van der Waals surface area contributed by atoms with Crippen LogP contribution in [0.1, 0.15) is 40.0 Å². The second-order valence-electron chi connectivity index (χ2n) is 6.05. The van der Waals surface area contributed by atoms with Crippen LogP contribution in [0.25, 0.3) is 0 Å². The quantitative estimate of drug-likeness (QED) is 0.750. The third-order valence-electron chi connectivity index (χ3n) is 3.82. The number of likely N-dealkylation sites (tertiary alicyclic amines) is 1. The van der Waals surface area contributed by atoms with Gasteiger partial charge >= 0.3 is 0 Å². The summed E-state index contributed by atoms with van der Waals surface area (Å²) < 4.78 is 0. The van der Waals surface area contributed by atoms with Gasteiger partial charge in [0.1, 0.15) is 0 Å². The van der Waals surface area contributed by atoms with Crippen molar-refractivity contribution < 1.29 is 4.79 Å². The van der Waals surface area contributed by atoms with Crippen molar-refractivity contribution in [2.75, 3.05) is 33.2 Å². The van der Waals surface area contributed by atoms with Crippen molar-refractivity contribution in [3.8, 4) is 0 Å². The molecule has 0 saturated carbocycles. The van der Waals surface area contributed by atoms with Gasteiger partial charge in [-0.25, -0.2) is 0 Å². The maximum absolute atomic E-state index is 11.9. The molecule has 1 aliphatic rings. The number of carbonyl (C=O) groups excluding carboxylic acids is 1. The number of rotatable bonds is 6. The minimum Gasteiger partial charge on any atom is -0.354 e. The Kier molecular flexibility index (Phi) is 6.09. The van der Waals surface area contributed by atoms with E-state index in [0.717, 1.165) is 13.1 Å². The fourth-order valence-electron chi connectivity index (χ4n) is 2.25. The van der Waals surface area contributed by atoms with Crippen LogP contribution in [0.2, 0.25) is 0 Å². The fourth-order valence-corrected chi connectivity index (χ4v) is 2.25. The molecule has 0 aromatic rings. The van der Waals surface area contributed by atoms with Gasteiger partial charge in [0.2, 0.25) is 5.91 Å². The smallest absolute Gasteiger partial charge is 0.239 e. The molecule has 1 amide bonds. The molecular weight excluding hydrogens is 226 g/mol. The van der Waals surface area contributed by atoms with Crippen molar-refractivity contribution in [2.24, 2.45) is 5.92 Å². The molecule has 4 heteroatoms. The number of hydrogen-bond donors (Lipinski definition) is 2. The third kappa shape index (κ3) is 4.94. The number of carbonyl (C=O) groups is 1. The highest BCUT2D eigenvalue weighted by Crippen LogP contribution is 2.10. The highest BCUT2D eigenvalue weighted by molar-refractivity contribution is 5.85. The molecule has 4 nitrogen and oxygen atoms in total. The van der Waals surface area contributed by atoms with Crippen LogP contribution in [0.3, 0.4) is 0 Å². The molecular formula is C14H29N3O. The minimum atomic E-state index is -0.481. The molecule has 0 aliphatic carbocycles. The highest BCUT2D eigenvalue weighted by atomic mass is 16.2. The van der Waals surface area contributed by atoms with Crippen LogP contribution in [0.4, 0.5) is 0 Å². The van der Waals surface area contributed by atoms with E-state index in [-0.39, 0.29) is 5.91 Å². The topological polar surface area (TPSA) is 44.4 Å². The van der Waals surface area contributed by atoms with Crippen molar-refractivity contribution in [3.63, 3.8) is 0 Å². The number of piperidine rings is 1. The Morgan fingerprint density at radius 2 is 1.89 bits per heavy atom. The molecule has 0 aromatic carbocycles. The van der Waals surface area contributed by atoms with Crippen LogP contribution >= 0.6 is 0 Å². The minimum absolute atomic E-state index is 0.0792. The normalized spacial score (nSPS) is 19.6. The predicted molar refractivity (Wildman–Crippen MR) is 75.6 cm³/mol. The van der Waals surface area contributed by atoms with E-state index in [9.17, 15) is 4.79 Å². The van der Waals surface area contributed by atoms with Gasteiger partial charge in [-0.15, -0.1) is 0 Å². The highest BCUT2D eigenvalue weighted by Gasteiger charge is 2.25. The Morgan fingerprint density at radius 3 is 2.44 bits per heavy atom. The van der Waals surface area contributed by atoms with Gasteiger partial charge in [-0.1, -0.05) is 13.3 Å². The number of hydrogen-bond acceptors (Lipinski definition) is 3. The van der Waals surface area contributed by atoms with Gasteiger partial charge in [0.15, 0.2) is 0 Å². The summed E-state index contributed by atoms with van der Waals surface area (Å²) in [4.78, 5) is 14.4. The molecule has 1 aliphatic heterocycles. The Bertz CT molecular complexity index is 260. The maximum atomic E-state index is 11.9. The lowest BCUT2D eigenvalue weighted by molar-refractivity contribution is -0.126. The Hall–Kier alpha value is -0.610. The van der Waals surface area contributed by atoms with Gasteiger partial charge in [-0.05, 0) is 52.7 Å². The lowest BCUT2D eigenvalue weighted by Crippen LogP contribution is -2.52. The number of nitrogens with one attached hydrogen (secondary N) is 2. The largest absolute Gasteiger partial charge is 0.354 e. The van der Waals surface area contributed by atoms with Gasteiger partial charge in [0.25, 0.3) is 0 Å². The summed E-state index contributed by atoms with van der Waals surface area (Å²) >= 11 is 0. The lowest BCUT2D eigenvalue weighted by Gasteiger charge is -2.30. The lowest BCUT2D eigenvalue weighted by atomic mass is 10.0. The second kappa shape index (κ2) is 7.10. The first-order chi connectivity index (χ1) is 8.45. The third-order valence-corrected chi connectivity index (χ3v) is 3.82. The molecule has 0 spiro atoms. The van der Waals surface area contributed by atoms with E-state index >= 15 is 0 Å². The van der Waals surface area contributed by atoms with E-state index in [1.54, 1.807) is 0 Å². The molecule has 18 heavy (non-hydrogen) atoms. The van der Waals surface area contributed by atoms with Crippen molar-refractivity contribution in [2.45, 2.75) is 45.6 Å². The van der Waals surface area contributed by atoms with Crippen molar-refractivity contribution in [3.05, 3.63) is 0 Å². The van der Waals surface area contributed by atoms with Gasteiger partial charge in [-0.3, -0.25) is 4.79 Å². The van der Waals surface area contributed by atoms with E-state index in [2.05, 4.69) is 22.5 Å². The Balaban J connectivity index is 2.23. The molecule has 1 atom stereocenters. The average Bonchev–Trinajstić information content (AvgIpc) is 2.37. The molecule has 2 N–H and O–H groups in total. The standard InChI is InChI=1S/C14H29N3O/c1-12(11-17-8-6-5-7-9-17)10-16-13(18)14(2,3)15-4/h12,15H,5-11H2,1-4H3,(H,16,18). The maximum Gasteiger partial charge on any atom is 0.239 e. The zero-order valence-electron chi connectivity index (χ0n) is 12.4. The molecule has 1 fully saturated rings. The van der Waals surface area contributed by atoms with Crippen LogP contribution in [-0.4, -0.2) is 49.6 Å². The summed E-state index contributed by atoms with van der Waals surface area (Å²) in [5.41, 5.74) is -0.481. The predicted octanol–water partition coefficient (Wildman–Crippen LogP) is 1.22. The van der Waals surface area contributed by atoms with E-state index in [0.29, 0.717) is 5.92 Å². The zero-order chi connectivity index (χ0) is 13.6. The SMILES string of the molecule is CNC(C)(C)C(=O)NCC(C)CN1CCCCC1. The molecule has 0 bridgehead atoms. The molecule has 1 heterocycles. The molecule has 0 aromatic heterocycles. The first kappa shape index (κ1) is 15.4. The summed E-state index contributed by atoms with van der Waals surface area (Å²) in [6, 6.07) is 0. The van der Waals surface area contributed by atoms with Crippen molar-refractivity contribution in [1.29, 1.82) is 0 Å². The molecule has 0 radical (unpaired) electrons. The second-order valence-corrected chi connectivity index (χ2v) is 6.05. The molecule has 1 saturated heterocycles. The number of nitrogens with zero attached hydrogens (tertiary/aromatic N) is 1. The van der Waals surface area contributed by atoms with E-state index < -0.39 is 5.54 Å². The molecule has 1 rings (SSSR count). The van der Waals surface area contributed by atoms with Gasteiger partial charge < -0.3 is 15.5 Å². The van der Waals surface area contributed by atoms with Gasteiger partial charge in [-0.2, -0.15) is 0 Å². The van der Waals surface area contributed by atoms with Crippen LogP contribution in [0.15, 0.2) is 0 Å². The van der Waals surface area contributed by atoms with Crippen LogP contribution < -0.4 is 10.6 Å². The Morgan fingerprint density at radius 1 is 1.28 bits per heavy atom. The molecule has 106 valence electrons. The number of amides is 1. The summed E-state index contributed by atoms with van der Waals surface area (Å²) in [5, 5.41) is 6.06. The van der Waals surface area contributed by atoms with Gasteiger partial charge in [0.05, 0.1) is 5.54 Å². The van der Waals surface area contributed by atoms with Crippen LogP contribution in [0, 0.1) is 5.92 Å². The fraction of sp³-hybridized carbons (Fsp3) is 0.929. The van der Waals surface area contributed by atoms with E-state index in [4.69, 9.17) is 0 Å². The van der Waals surface area contributed by atoms with Crippen LogP contribution in [-0.2, 0) is 4.79 Å². The monoisotopic (exact) mass is 255 g/mol. The average molecular weight is 255 g/mol. The summed E-state index contributed by atoms with van der Waals surface area (Å²) in [6.07, 6.45) is 4.02. The Labute approximate surface area is 111 Å². The van der Waals surface area contributed by atoms with E-state index in [1.807, 2.05) is 20.9 Å². The summed E-state index contributed by atoms with van der Waals surface area (Å²) in [7, 11) is 1.82. The van der Waals surface area contributed by atoms with Gasteiger partial charge in [0, 0.05) is 13.1 Å². The first-order valence-electron chi connectivity index (χ1n) is 7.15.